The number of rotatable bonds is 7. The molecule has 3 aromatic rings. The molecule has 1 N–H and O–H groups in total. The number of ketones is 1. The van der Waals surface area contributed by atoms with Crippen LogP contribution in [0.5, 0.6) is 5.75 Å². The average Bonchev–Trinajstić information content (AvgIpc) is 3.29. The Morgan fingerprint density at radius 2 is 1.78 bits per heavy atom. The van der Waals surface area contributed by atoms with Gasteiger partial charge in [0.1, 0.15) is 5.75 Å². The number of ether oxygens (including phenoxy) is 1. The summed E-state index contributed by atoms with van der Waals surface area (Å²) in [6.07, 6.45) is 0.627. The van der Waals surface area contributed by atoms with Crippen LogP contribution in [-0.4, -0.2) is 36.1 Å². The molecule has 1 unspecified atom stereocenters. The topological polar surface area (TPSA) is 71.0 Å². The van der Waals surface area contributed by atoms with Crippen LogP contribution >= 0.6 is 0 Å². The van der Waals surface area contributed by atoms with E-state index in [0.717, 1.165) is 28.3 Å². The zero-order valence-corrected chi connectivity index (χ0v) is 18.1. The summed E-state index contributed by atoms with van der Waals surface area (Å²) >= 11 is 0. The monoisotopic (exact) mass is 427 g/mol. The van der Waals surface area contributed by atoms with Gasteiger partial charge in [0.2, 0.25) is 0 Å². The lowest BCUT2D eigenvalue weighted by molar-refractivity contribution is -0.131. The van der Waals surface area contributed by atoms with Crippen LogP contribution in [0.3, 0.4) is 0 Å². The van der Waals surface area contributed by atoms with E-state index in [-0.39, 0.29) is 24.3 Å². The molecule has 1 atom stereocenters. The van der Waals surface area contributed by atoms with Gasteiger partial charge in [-0.1, -0.05) is 54.6 Å². The highest BCUT2D eigenvalue weighted by atomic mass is 16.5. The Balaban J connectivity index is 1.56. The zero-order valence-electron chi connectivity index (χ0n) is 18.1. The van der Waals surface area contributed by atoms with Crippen LogP contribution in [0.4, 0.5) is 5.69 Å². The average molecular weight is 428 g/mol. The van der Waals surface area contributed by atoms with Crippen molar-refractivity contribution in [3.05, 3.63) is 95.6 Å². The van der Waals surface area contributed by atoms with Crippen molar-refractivity contribution < 1.29 is 14.3 Å². The Kier molecular flexibility index (Phi) is 6.31. The predicted molar refractivity (Wildman–Crippen MR) is 125 cm³/mol. The first-order valence-corrected chi connectivity index (χ1v) is 10.5. The molecule has 6 heteroatoms. The smallest absolute Gasteiger partial charge is 0.262 e. The van der Waals surface area contributed by atoms with Gasteiger partial charge in [0.05, 0.1) is 25.4 Å². The molecule has 0 radical (unpaired) electrons. The third-order valence-electron chi connectivity index (χ3n) is 5.49. The summed E-state index contributed by atoms with van der Waals surface area (Å²) in [7, 11) is 1.63. The molecule has 1 heterocycles. The van der Waals surface area contributed by atoms with Gasteiger partial charge in [-0.15, -0.1) is 0 Å². The Hall–Kier alpha value is -3.93. The number of carbonyl (C=O) groups is 2. The molecule has 3 aromatic carbocycles. The number of Topliss-reactive ketones (excluding diaryl/α,β-unsaturated/α-hetero) is 1. The van der Waals surface area contributed by atoms with Gasteiger partial charge in [-0.3, -0.25) is 9.59 Å². The molecule has 0 saturated carbocycles. The molecule has 0 bridgehead atoms. The maximum absolute atomic E-state index is 13.2. The molecule has 162 valence electrons. The van der Waals surface area contributed by atoms with Crippen molar-refractivity contribution in [2.45, 2.75) is 19.4 Å². The Morgan fingerprint density at radius 3 is 2.47 bits per heavy atom. The molecule has 0 spiro atoms. The SMILES string of the molecule is COc1ccc(C2CC(c3ccccc3)=NN2C(=O)CNc2cccc(C(C)=O)c2)cc1. The fourth-order valence-electron chi connectivity index (χ4n) is 3.74. The Labute approximate surface area is 187 Å². The normalized spacial score (nSPS) is 15.2. The van der Waals surface area contributed by atoms with Gasteiger partial charge in [-0.25, -0.2) is 5.01 Å². The van der Waals surface area contributed by atoms with Gasteiger partial charge in [0.25, 0.3) is 5.91 Å². The quantitative estimate of drug-likeness (QED) is 0.556. The number of hydrogen-bond donors (Lipinski definition) is 1. The van der Waals surface area contributed by atoms with E-state index in [1.807, 2.05) is 60.7 Å². The van der Waals surface area contributed by atoms with Gasteiger partial charge in [-0.2, -0.15) is 5.10 Å². The Bertz CT molecular complexity index is 1140. The second kappa shape index (κ2) is 9.47. The van der Waals surface area contributed by atoms with Crippen LogP contribution in [0.1, 0.15) is 40.9 Å². The fraction of sp³-hybridized carbons (Fsp3) is 0.192. The minimum absolute atomic E-state index is 0.0174. The molecule has 1 amide bonds. The van der Waals surface area contributed by atoms with Crippen molar-refractivity contribution >= 4 is 23.1 Å². The highest BCUT2D eigenvalue weighted by Crippen LogP contribution is 2.33. The number of hydrogen-bond acceptors (Lipinski definition) is 5. The molecule has 6 nitrogen and oxygen atoms in total. The van der Waals surface area contributed by atoms with E-state index in [1.165, 1.54) is 6.92 Å². The van der Waals surface area contributed by atoms with Crippen molar-refractivity contribution in [1.82, 2.24) is 5.01 Å². The number of nitrogens with one attached hydrogen (secondary N) is 1. The molecule has 0 aromatic heterocycles. The van der Waals surface area contributed by atoms with Crippen molar-refractivity contribution in [1.29, 1.82) is 0 Å². The van der Waals surface area contributed by atoms with E-state index in [1.54, 1.807) is 30.3 Å². The minimum Gasteiger partial charge on any atom is -0.497 e. The van der Waals surface area contributed by atoms with Gasteiger partial charge in [-0.05, 0) is 42.3 Å². The second-order valence-electron chi connectivity index (χ2n) is 7.63. The highest BCUT2D eigenvalue weighted by molar-refractivity contribution is 6.03. The van der Waals surface area contributed by atoms with Crippen LogP contribution in [-0.2, 0) is 4.79 Å². The number of anilines is 1. The summed E-state index contributed by atoms with van der Waals surface area (Å²) in [5, 5.41) is 9.38. The standard InChI is InChI=1S/C26H25N3O3/c1-18(30)21-9-6-10-22(15-21)27-17-26(31)29-25(20-11-13-23(32-2)14-12-20)16-24(28-29)19-7-4-3-5-8-19/h3-15,25,27H,16-17H2,1-2H3. The molecule has 4 rings (SSSR count). The lowest BCUT2D eigenvalue weighted by atomic mass is 9.98. The largest absolute Gasteiger partial charge is 0.497 e. The molecular weight excluding hydrogens is 402 g/mol. The van der Waals surface area contributed by atoms with Crippen LogP contribution in [0.2, 0.25) is 0 Å². The van der Waals surface area contributed by atoms with Gasteiger partial charge in [0, 0.05) is 17.7 Å². The minimum atomic E-state index is -0.200. The molecular formula is C26H25N3O3. The molecule has 1 aliphatic heterocycles. The van der Waals surface area contributed by atoms with Crippen molar-refractivity contribution in [2.24, 2.45) is 5.10 Å². The summed E-state index contributed by atoms with van der Waals surface area (Å²) in [5.74, 6) is 0.599. The van der Waals surface area contributed by atoms with E-state index >= 15 is 0 Å². The third kappa shape index (κ3) is 4.70. The van der Waals surface area contributed by atoms with E-state index < -0.39 is 0 Å². The summed E-state index contributed by atoms with van der Waals surface area (Å²) in [6.45, 7) is 1.59. The number of methoxy groups -OCH3 is 1. The maximum Gasteiger partial charge on any atom is 0.262 e. The number of hydrazone groups is 1. The van der Waals surface area contributed by atoms with Crippen molar-refractivity contribution in [3.63, 3.8) is 0 Å². The predicted octanol–water partition coefficient (Wildman–Crippen LogP) is 4.69. The molecule has 1 aliphatic rings. The number of nitrogens with zero attached hydrogens (tertiary/aromatic N) is 2. The molecule has 0 aliphatic carbocycles. The first kappa shape index (κ1) is 21.3. The van der Waals surface area contributed by atoms with Crippen LogP contribution < -0.4 is 10.1 Å². The first-order valence-electron chi connectivity index (χ1n) is 10.5. The van der Waals surface area contributed by atoms with E-state index in [2.05, 4.69) is 5.32 Å². The maximum atomic E-state index is 13.2. The van der Waals surface area contributed by atoms with Crippen molar-refractivity contribution in [3.8, 4) is 5.75 Å². The van der Waals surface area contributed by atoms with Gasteiger partial charge >= 0.3 is 0 Å². The number of carbonyl (C=O) groups excluding carboxylic acids is 2. The molecule has 32 heavy (non-hydrogen) atoms. The van der Waals surface area contributed by atoms with Gasteiger partial charge in [0.15, 0.2) is 5.78 Å². The summed E-state index contributed by atoms with van der Waals surface area (Å²) < 4.78 is 5.27. The third-order valence-corrected chi connectivity index (χ3v) is 5.49. The van der Waals surface area contributed by atoms with Crippen LogP contribution in [0.15, 0.2) is 84.0 Å². The zero-order chi connectivity index (χ0) is 22.5. The second-order valence-corrected chi connectivity index (χ2v) is 7.63. The highest BCUT2D eigenvalue weighted by Gasteiger charge is 2.32. The van der Waals surface area contributed by atoms with Crippen LogP contribution in [0.25, 0.3) is 0 Å². The lowest BCUT2D eigenvalue weighted by Gasteiger charge is -2.22. The Morgan fingerprint density at radius 1 is 1.03 bits per heavy atom. The molecule has 0 saturated heterocycles. The van der Waals surface area contributed by atoms with E-state index in [4.69, 9.17) is 9.84 Å². The van der Waals surface area contributed by atoms with E-state index in [9.17, 15) is 9.59 Å². The summed E-state index contributed by atoms with van der Waals surface area (Å²) in [6, 6.07) is 24.6. The summed E-state index contributed by atoms with van der Waals surface area (Å²) in [4.78, 5) is 24.8. The number of benzene rings is 3. The lowest BCUT2D eigenvalue weighted by Crippen LogP contribution is -2.32. The van der Waals surface area contributed by atoms with E-state index in [0.29, 0.717) is 12.0 Å². The molecule has 0 fully saturated rings. The number of amides is 1. The van der Waals surface area contributed by atoms with Crippen LogP contribution in [0, 0.1) is 0 Å². The first-order chi connectivity index (χ1) is 15.5. The summed E-state index contributed by atoms with van der Waals surface area (Å²) in [5.41, 5.74) is 4.19. The van der Waals surface area contributed by atoms with Crippen molar-refractivity contribution in [2.75, 3.05) is 19.0 Å². The fourth-order valence-corrected chi connectivity index (χ4v) is 3.74. The van der Waals surface area contributed by atoms with Gasteiger partial charge < -0.3 is 10.1 Å².